The summed E-state index contributed by atoms with van der Waals surface area (Å²) in [6.07, 6.45) is 4.28. The molecule has 2 N–H and O–H groups in total. The lowest BCUT2D eigenvalue weighted by molar-refractivity contribution is -0.118. The third-order valence-electron chi connectivity index (χ3n) is 6.47. The molecule has 186 valence electrons. The van der Waals surface area contributed by atoms with E-state index in [0.717, 1.165) is 12.8 Å². The topological polar surface area (TPSA) is 140 Å². The van der Waals surface area contributed by atoms with Gasteiger partial charge in [-0.2, -0.15) is 0 Å². The van der Waals surface area contributed by atoms with Gasteiger partial charge in [-0.25, -0.2) is 18.4 Å². The van der Waals surface area contributed by atoms with Crippen LogP contribution in [-0.4, -0.2) is 54.9 Å². The molecular formula is C23H26N4O6S2. The average molecular weight is 519 g/mol. The van der Waals surface area contributed by atoms with Gasteiger partial charge in [-0.1, -0.05) is 11.3 Å². The highest BCUT2D eigenvalue weighted by atomic mass is 32.2. The molecule has 1 saturated carbocycles. The lowest BCUT2D eigenvalue weighted by Crippen LogP contribution is -2.32. The number of fused-ring (bicyclic) bond motifs is 1. The summed E-state index contributed by atoms with van der Waals surface area (Å²) in [7, 11) is -2.18. The third kappa shape index (κ3) is 4.95. The second-order valence-corrected chi connectivity index (χ2v) is 12.0. The predicted molar refractivity (Wildman–Crippen MR) is 131 cm³/mol. The molecule has 0 aromatic carbocycles. The molecule has 1 aliphatic carbocycles. The van der Waals surface area contributed by atoms with Crippen molar-refractivity contribution < 1.29 is 22.7 Å². The monoisotopic (exact) mass is 518 g/mol. The summed E-state index contributed by atoms with van der Waals surface area (Å²) in [6.45, 7) is 1.14. The van der Waals surface area contributed by atoms with Crippen molar-refractivity contribution in [2.24, 2.45) is 5.92 Å². The van der Waals surface area contributed by atoms with Gasteiger partial charge < -0.3 is 19.8 Å². The van der Waals surface area contributed by atoms with Crippen LogP contribution in [0.5, 0.6) is 5.88 Å². The number of methoxy groups -OCH3 is 1. The lowest BCUT2D eigenvalue weighted by atomic mass is 9.85. The number of aromatic amines is 1. The summed E-state index contributed by atoms with van der Waals surface area (Å²) in [4.78, 5) is 38.5. The first-order valence-corrected chi connectivity index (χ1v) is 13.9. The zero-order chi connectivity index (χ0) is 24.6. The first-order valence-electron chi connectivity index (χ1n) is 11.5. The Balaban J connectivity index is 1.52. The van der Waals surface area contributed by atoms with Crippen LogP contribution in [0.25, 0.3) is 10.3 Å². The fourth-order valence-electron chi connectivity index (χ4n) is 4.44. The quantitative estimate of drug-likeness (QED) is 0.464. The number of nitrogens with zero attached hydrogens (tertiary/aromatic N) is 2. The molecule has 0 bridgehead atoms. The fraction of sp³-hybridized carbons (Fsp3) is 0.478. The van der Waals surface area contributed by atoms with Crippen LogP contribution in [0.4, 0.5) is 5.13 Å². The SMILES string of the molecule is COc1ccc2nc(NC(=O)[C@@H](CC3CCOCC3)c3c(S(=O)(=O)C4CC4)cc[nH]c3=O)sc2n1. The second-order valence-electron chi connectivity index (χ2n) is 8.86. The van der Waals surface area contributed by atoms with Crippen molar-refractivity contribution in [2.75, 3.05) is 25.6 Å². The van der Waals surface area contributed by atoms with Crippen molar-refractivity contribution in [3.8, 4) is 5.88 Å². The number of nitrogens with one attached hydrogen (secondary N) is 2. The molecular weight excluding hydrogens is 492 g/mol. The van der Waals surface area contributed by atoms with Crippen LogP contribution in [0.15, 0.2) is 34.1 Å². The molecule has 35 heavy (non-hydrogen) atoms. The van der Waals surface area contributed by atoms with E-state index in [4.69, 9.17) is 9.47 Å². The molecule has 0 radical (unpaired) electrons. The van der Waals surface area contributed by atoms with E-state index >= 15 is 0 Å². The predicted octanol–water partition coefficient (Wildman–Crippen LogP) is 2.86. The molecule has 1 atom stereocenters. The van der Waals surface area contributed by atoms with E-state index in [9.17, 15) is 18.0 Å². The molecule has 1 saturated heterocycles. The summed E-state index contributed by atoms with van der Waals surface area (Å²) in [5, 5.41) is 2.64. The Labute approximate surface area is 206 Å². The molecule has 4 heterocycles. The number of aromatic nitrogens is 3. The molecule has 5 rings (SSSR count). The average Bonchev–Trinajstić information content (AvgIpc) is 3.64. The summed E-state index contributed by atoms with van der Waals surface area (Å²) >= 11 is 1.18. The van der Waals surface area contributed by atoms with Gasteiger partial charge in [0.15, 0.2) is 15.0 Å². The second kappa shape index (κ2) is 9.67. The van der Waals surface area contributed by atoms with Crippen LogP contribution in [0.1, 0.15) is 43.6 Å². The number of carbonyl (C=O) groups excluding carboxylic acids is 1. The first kappa shape index (κ1) is 23.9. The number of pyridine rings is 2. The zero-order valence-electron chi connectivity index (χ0n) is 19.2. The van der Waals surface area contributed by atoms with E-state index < -0.39 is 32.5 Å². The number of thiazole rings is 1. The Morgan fingerprint density at radius 3 is 2.71 bits per heavy atom. The molecule has 12 heteroatoms. The number of carbonyl (C=O) groups is 1. The van der Waals surface area contributed by atoms with Crippen LogP contribution in [0, 0.1) is 5.92 Å². The number of rotatable bonds is 8. The van der Waals surface area contributed by atoms with Gasteiger partial charge in [0, 0.05) is 31.0 Å². The smallest absolute Gasteiger partial charge is 0.253 e. The number of anilines is 1. The molecule has 2 fully saturated rings. The van der Waals surface area contributed by atoms with Crippen molar-refractivity contribution in [1.82, 2.24) is 15.0 Å². The highest BCUT2D eigenvalue weighted by molar-refractivity contribution is 7.92. The maximum absolute atomic E-state index is 13.6. The Kier molecular flexibility index (Phi) is 6.60. The minimum absolute atomic E-state index is 0.00398. The molecule has 3 aromatic heterocycles. The zero-order valence-corrected chi connectivity index (χ0v) is 20.8. The van der Waals surface area contributed by atoms with Crippen LogP contribution in [0.3, 0.4) is 0 Å². The normalized spacial score (nSPS) is 17.9. The summed E-state index contributed by atoms with van der Waals surface area (Å²) in [5.41, 5.74) is 0.0422. The highest BCUT2D eigenvalue weighted by Crippen LogP contribution is 2.38. The van der Waals surface area contributed by atoms with E-state index in [1.165, 1.54) is 30.7 Å². The Morgan fingerprint density at radius 1 is 1.23 bits per heavy atom. The fourth-order valence-corrected chi connectivity index (χ4v) is 7.19. The number of ether oxygens (including phenoxy) is 2. The Morgan fingerprint density at radius 2 is 2.00 bits per heavy atom. The van der Waals surface area contributed by atoms with Crippen molar-refractivity contribution in [1.29, 1.82) is 0 Å². The standard InChI is InChI=1S/C23H26N4O6S2/c1-32-18-5-4-16-22(26-18)34-23(25-16)27-20(28)15(12-13-7-10-33-11-8-13)19-17(6-9-24-21(19)29)35(30,31)14-2-3-14/h4-6,9,13-15H,2-3,7-8,10-12H2,1H3,(H,24,29)(H,25,27,28)/t15-/m0/s1. The van der Waals surface area contributed by atoms with Gasteiger partial charge in [0.25, 0.3) is 5.56 Å². The van der Waals surface area contributed by atoms with E-state index in [-0.39, 0.29) is 16.4 Å². The van der Waals surface area contributed by atoms with Gasteiger partial charge in [-0.3, -0.25) is 9.59 Å². The van der Waals surface area contributed by atoms with Gasteiger partial charge in [0.2, 0.25) is 11.8 Å². The van der Waals surface area contributed by atoms with Crippen LogP contribution >= 0.6 is 11.3 Å². The maximum Gasteiger partial charge on any atom is 0.253 e. The molecule has 0 unspecified atom stereocenters. The Bertz CT molecular complexity index is 1410. The summed E-state index contributed by atoms with van der Waals surface area (Å²) in [5.74, 6) is -0.869. The molecule has 1 amide bonds. The highest BCUT2D eigenvalue weighted by Gasteiger charge is 2.41. The number of hydrogen-bond donors (Lipinski definition) is 2. The van der Waals surface area contributed by atoms with Crippen molar-refractivity contribution >= 4 is 42.6 Å². The minimum atomic E-state index is -3.70. The third-order valence-corrected chi connectivity index (χ3v) is 9.67. The van der Waals surface area contributed by atoms with Gasteiger partial charge in [-0.15, -0.1) is 0 Å². The number of sulfone groups is 1. The van der Waals surface area contributed by atoms with E-state index in [1.54, 1.807) is 12.1 Å². The molecule has 2 aliphatic rings. The first-order chi connectivity index (χ1) is 16.9. The molecule has 0 spiro atoms. The number of amides is 1. The van der Waals surface area contributed by atoms with Crippen LogP contribution in [0.2, 0.25) is 0 Å². The molecule has 1 aliphatic heterocycles. The largest absolute Gasteiger partial charge is 0.481 e. The van der Waals surface area contributed by atoms with E-state index in [2.05, 4.69) is 20.3 Å². The summed E-state index contributed by atoms with van der Waals surface area (Å²) < 4.78 is 37.0. The minimum Gasteiger partial charge on any atom is -0.481 e. The van der Waals surface area contributed by atoms with Gasteiger partial charge in [0.05, 0.1) is 23.2 Å². The maximum atomic E-state index is 13.6. The van der Waals surface area contributed by atoms with Gasteiger partial charge in [0.1, 0.15) is 10.3 Å². The van der Waals surface area contributed by atoms with Crippen LogP contribution in [-0.2, 0) is 19.4 Å². The van der Waals surface area contributed by atoms with E-state index in [0.29, 0.717) is 53.8 Å². The van der Waals surface area contributed by atoms with Crippen LogP contribution < -0.4 is 15.6 Å². The lowest BCUT2D eigenvalue weighted by Gasteiger charge is -2.26. The van der Waals surface area contributed by atoms with Gasteiger partial charge in [-0.05, 0) is 50.2 Å². The number of H-pyrrole nitrogens is 1. The van der Waals surface area contributed by atoms with Crippen molar-refractivity contribution in [2.45, 2.75) is 48.2 Å². The molecule has 3 aromatic rings. The van der Waals surface area contributed by atoms with Crippen molar-refractivity contribution in [3.05, 3.63) is 40.3 Å². The number of hydrogen-bond acceptors (Lipinski definition) is 9. The Hall–Kier alpha value is -2.83. The van der Waals surface area contributed by atoms with Crippen molar-refractivity contribution in [3.63, 3.8) is 0 Å². The molecule has 10 nitrogen and oxygen atoms in total. The summed E-state index contributed by atoms with van der Waals surface area (Å²) in [6, 6.07) is 4.83. The van der Waals surface area contributed by atoms with E-state index in [1.807, 2.05) is 0 Å². The van der Waals surface area contributed by atoms with Gasteiger partial charge >= 0.3 is 0 Å².